The van der Waals surface area contributed by atoms with Gasteiger partial charge in [-0.1, -0.05) is 77.5 Å². The molecule has 8 nitrogen and oxygen atoms in total. The summed E-state index contributed by atoms with van der Waals surface area (Å²) in [6.07, 6.45) is 3.60. The number of carbonyl (C=O) groups excluding carboxylic acids is 3. The van der Waals surface area contributed by atoms with Crippen molar-refractivity contribution in [2.24, 2.45) is 11.8 Å². The van der Waals surface area contributed by atoms with Gasteiger partial charge in [0.15, 0.2) is 0 Å². The molecule has 1 spiro atoms. The van der Waals surface area contributed by atoms with Gasteiger partial charge >= 0.3 is 0 Å². The van der Waals surface area contributed by atoms with Crippen molar-refractivity contribution in [3.05, 3.63) is 90.5 Å². The molecule has 7 atom stereocenters. The van der Waals surface area contributed by atoms with E-state index in [4.69, 9.17) is 4.74 Å². The summed E-state index contributed by atoms with van der Waals surface area (Å²) >= 11 is 3.78. The lowest BCUT2D eigenvalue weighted by molar-refractivity contribution is -0.147. The largest absolute Gasteiger partial charge is 0.394 e. The normalized spacial score (nSPS) is 27.6. The number of carbonyl (C=O) groups is 3. The number of amides is 3. The quantitative estimate of drug-likeness (QED) is 0.266. The number of fused-ring (bicyclic) bond motifs is 1. The van der Waals surface area contributed by atoms with E-state index in [0.717, 1.165) is 22.4 Å². The minimum Gasteiger partial charge on any atom is -0.394 e. The number of benzene rings is 2. The molecule has 9 heteroatoms. The Morgan fingerprint density at radius 2 is 1.84 bits per heavy atom. The van der Waals surface area contributed by atoms with Crippen LogP contribution in [-0.2, 0) is 25.7 Å². The summed E-state index contributed by atoms with van der Waals surface area (Å²) in [5, 5.41) is 10.5. The van der Waals surface area contributed by atoms with E-state index in [-0.39, 0.29) is 35.7 Å². The molecular formula is C35H42BrN3O5. The molecule has 3 unspecified atom stereocenters. The fourth-order valence-electron chi connectivity index (χ4n) is 7.43. The summed E-state index contributed by atoms with van der Waals surface area (Å²) in [5.41, 5.74) is 2.36. The van der Waals surface area contributed by atoms with Crippen molar-refractivity contribution in [2.45, 2.75) is 68.8 Å². The fraction of sp³-hybridized carbons (Fsp3) is 0.457. The predicted octanol–water partition coefficient (Wildman–Crippen LogP) is 4.56. The van der Waals surface area contributed by atoms with Gasteiger partial charge in [-0.25, -0.2) is 0 Å². The SMILES string of the molecule is C=CCN(Cc1ccccc1)C(=O)[C@H]1[C@@H]2OC3(CC2Br)C(C(=O)N(CC=C)c2cc(C)ccc2C)N([C@@H](CC)CO)C(=O)[C@H]13. The molecule has 3 saturated heterocycles. The van der Waals surface area contributed by atoms with Crippen molar-refractivity contribution in [1.29, 1.82) is 0 Å². The lowest BCUT2D eigenvalue weighted by Crippen LogP contribution is -2.59. The molecule has 2 aromatic carbocycles. The molecule has 1 N–H and O–H groups in total. The number of hydrogen-bond acceptors (Lipinski definition) is 5. The average molecular weight is 665 g/mol. The fourth-order valence-corrected chi connectivity index (χ4v) is 8.38. The minimum absolute atomic E-state index is 0.203. The second kappa shape index (κ2) is 13.0. The van der Waals surface area contributed by atoms with Gasteiger partial charge in [0.05, 0.1) is 30.6 Å². The monoisotopic (exact) mass is 663 g/mol. The first kappa shape index (κ1) is 32.1. The summed E-state index contributed by atoms with van der Waals surface area (Å²) in [4.78, 5) is 48.6. The van der Waals surface area contributed by atoms with Crippen LogP contribution in [0.3, 0.4) is 0 Å². The van der Waals surface area contributed by atoms with E-state index < -0.39 is 35.6 Å². The number of likely N-dealkylation sites (tertiary alicyclic amines) is 1. The van der Waals surface area contributed by atoms with Gasteiger partial charge in [0.25, 0.3) is 5.91 Å². The van der Waals surface area contributed by atoms with Crippen molar-refractivity contribution in [3.8, 4) is 0 Å². The molecule has 3 fully saturated rings. The topological polar surface area (TPSA) is 90.4 Å². The van der Waals surface area contributed by atoms with Gasteiger partial charge in [0.1, 0.15) is 11.6 Å². The lowest BCUT2D eigenvalue weighted by Gasteiger charge is -2.39. The molecule has 2 aromatic rings. The number of aliphatic hydroxyl groups is 1. The van der Waals surface area contributed by atoms with Crippen molar-refractivity contribution in [2.75, 3.05) is 24.6 Å². The lowest BCUT2D eigenvalue weighted by atomic mass is 9.70. The van der Waals surface area contributed by atoms with Crippen molar-refractivity contribution in [3.63, 3.8) is 0 Å². The summed E-state index contributed by atoms with van der Waals surface area (Å²) < 4.78 is 6.76. The molecule has 0 aliphatic carbocycles. The molecule has 2 bridgehead atoms. The zero-order valence-corrected chi connectivity index (χ0v) is 27.3. The van der Waals surface area contributed by atoms with E-state index in [1.54, 1.807) is 22.0 Å². The van der Waals surface area contributed by atoms with Crippen LogP contribution >= 0.6 is 15.9 Å². The van der Waals surface area contributed by atoms with Gasteiger partial charge in [0, 0.05) is 30.1 Å². The van der Waals surface area contributed by atoms with Gasteiger partial charge in [-0.3, -0.25) is 14.4 Å². The van der Waals surface area contributed by atoms with E-state index in [1.165, 1.54) is 4.90 Å². The van der Waals surface area contributed by atoms with Crippen LogP contribution in [0.2, 0.25) is 0 Å². The van der Waals surface area contributed by atoms with Crippen LogP contribution in [0.1, 0.15) is 36.5 Å². The van der Waals surface area contributed by atoms with E-state index >= 15 is 0 Å². The van der Waals surface area contributed by atoms with Crippen molar-refractivity contribution < 1.29 is 24.2 Å². The molecule has 0 aromatic heterocycles. The maximum Gasteiger partial charge on any atom is 0.253 e. The Hall–Kier alpha value is -3.27. The number of halogens is 1. The standard InChI is InChI=1S/C35H42BrN3O5/c1-6-16-37(20-24-12-10-9-11-13-24)32(41)28-29-33(42)39(25(8-3)21-40)31(35(29)19-26(36)30(28)44-35)34(43)38(17-7-2)27-18-22(4)14-15-23(27)5/h6-7,9-15,18,25-26,28-31,40H,1-2,8,16-17,19-21H2,3-5H3/t25-,26?,28+,29-,30+,31?,35?/m0/s1. The third-order valence-corrected chi connectivity index (χ3v) is 10.3. The number of ether oxygens (including phenoxy) is 1. The van der Waals surface area contributed by atoms with E-state index in [9.17, 15) is 19.5 Å². The molecule has 3 heterocycles. The summed E-state index contributed by atoms with van der Waals surface area (Å²) in [5.74, 6) is -2.49. The molecule has 3 amide bonds. The zero-order chi connectivity index (χ0) is 31.8. The average Bonchev–Trinajstić information content (AvgIpc) is 3.61. The number of nitrogens with zero attached hydrogens (tertiary/aromatic N) is 3. The number of aliphatic hydroxyl groups excluding tert-OH is 1. The number of rotatable bonds is 12. The Kier molecular flexibility index (Phi) is 9.49. The summed E-state index contributed by atoms with van der Waals surface area (Å²) in [7, 11) is 0. The van der Waals surface area contributed by atoms with Crippen LogP contribution in [0.25, 0.3) is 0 Å². The van der Waals surface area contributed by atoms with E-state index in [1.807, 2.05) is 69.3 Å². The molecule has 44 heavy (non-hydrogen) atoms. The molecule has 0 saturated carbocycles. The van der Waals surface area contributed by atoms with Crippen LogP contribution < -0.4 is 4.90 Å². The van der Waals surface area contributed by atoms with Gasteiger partial charge in [-0.05, 0) is 49.4 Å². The van der Waals surface area contributed by atoms with Gasteiger partial charge in [-0.2, -0.15) is 0 Å². The molecule has 3 aliphatic heterocycles. The first-order valence-corrected chi connectivity index (χ1v) is 16.2. The Morgan fingerprint density at radius 1 is 1.14 bits per heavy atom. The Balaban J connectivity index is 1.60. The smallest absolute Gasteiger partial charge is 0.253 e. The number of alkyl halides is 1. The van der Waals surface area contributed by atoms with Gasteiger partial charge in [0.2, 0.25) is 11.8 Å². The first-order chi connectivity index (χ1) is 21.1. The molecule has 3 aliphatic rings. The van der Waals surface area contributed by atoms with Crippen LogP contribution in [0.15, 0.2) is 73.8 Å². The highest BCUT2D eigenvalue weighted by molar-refractivity contribution is 9.09. The minimum atomic E-state index is -1.24. The Labute approximate surface area is 268 Å². The highest BCUT2D eigenvalue weighted by Crippen LogP contribution is 2.61. The Bertz CT molecular complexity index is 1430. The predicted molar refractivity (Wildman–Crippen MR) is 174 cm³/mol. The molecule has 234 valence electrons. The first-order valence-electron chi connectivity index (χ1n) is 15.3. The van der Waals surface area contributed by atoms with Crippen LogP contribution in [0.5, 0.6) is 0 Å². The third kappa shape index (κ3) is 5.33. The molecule has 0 radical (unpaired) electrons. The summed E-state index contributed by atoms with van der Waals surface area (Å²) in [6, 6.07) is 14.0. The van der Waals surface area contributed by atoms with Gasteiger partial charge < -0.3 is 24.5 Å². The van der Waals surface area contributed by atoms with Crippen LogP contribution in [0.4, 0.5) is 5.69 Å². The van der Waals surface area contributed by atoms with Crippen LogP contribution in [0, 0.1) is 25.7 Å². The van der Waals surface area contributed by atoms with Crippen molar-refractivity contribution in [1.82, 2.24) is 9.80 Å². The number of hydrogen-bond donors (Lipinski definition) is 1. The maximum atomic E-state index is 14.9. The second-order valence-electron chi connectivity index (χ2n) is 12.2. The van der Waals surface area contributed by atoms with E-state index in [0.29, 0.717) is 25.9 Å². The highest BCUT2D eigenvalue weighted by Gasteiger charge is 2.77. The third-order valence-electron chi connectivity index (χ3n) is 9.43. The number of anilines is 1. The zero-order valence-electron chi connectivity index (χ0n) is 25.7. The number of aryl methyl sites for hydroxylation is 2. The second-order valence-corrected chi connectivity index (χ2v) is 13.4. The highest BCUT2D eigenvalue weighted by atomic mass is 79.9. The maximum absolute atomic E-state index is 14.9. The van der Waals surface area contributed by atoms with Crippen LogP contribution in [-0.4, -0.2) is 80.9 Å². The molecule has 5 rings (SSSR count). The van der Waals surface area contributed by atoms with Crippen molar-refractivity contribution >= 4 is 39.3 Å². The summed E-state index contributed by atoms with van der Waals surface area (Å²) in [6.45, 7) is 14.2. The molecular weight excluding hydrogens is 622 g/mol. The Morgan fingerprint density at radius 3 is 2.48 bits per heavy atom. The van der Waals surface area contributed by atoms with E-state index in [2.05, 4.69) is 29.1 Å². The van der Waals surface area contributed by atoms with Gasteiger partial charge in [-0.15, -0.1) is 13.2 Å².